The Morgan fingerprint density at radius 3 is 2.65 bits per heavy atom. The van der Waals surface area contributed by atoms with Crippen LogP contribution in [0.4, 0.5) is 5.82 Å². The van der Waals surface area contributed by atoms with Crippen molar-refractivity contribution >= 4 is 5.82 Å². The quantitative estimate of drug-likeness (QED) is 0.866. The van der Waals surface area contributed by atoms with Crippen LogP contribution in [-0.2, 0) is 0 Å². The number of nitrogens with zero attached hydrogens (tertiary/aromatic N) is 2. The van der Waals surface area contributed by atoms with Gasteiger partial charge in [-0.15, -0.1) is 0 Å². The Kier molecular flexibility index (Phi) is 4.37. The smallest absolute Gasteiger partial charge is 0.128 e. The number of piperidine rings is 1. The van der Waals surface area contributed by atoms with Crippen LogP contribution in [0.15, 0.2) is 18.3 Å². The SMILES string of the molecule is CCN(CC)c1ccc([C@@H]2CCCCN2)cn1. The van der Waals surface area contributed by atoms with Crippen LogP contribution in [0.1, 0.15) is 44.7 Å². The minimum atomic E-state index is 0.516. The Morgan fingerprint density at radius 2 is 2.12 bits per heavy atom. The molecule has 0 saturated carbocycles. The molecular weight excluding hydrogens is 210 g/mol. The molecule has 1 fully saturated rings. The van der Waals surface area contributed by atoms with Gasteiger partial charge >= 0.3 is 0 Å². The van der Waals surface area contributed by atoms with Gasteiger partial charge < -0.3 is 10.2 Å². The summed E-state index contributed by atoms with van der Waals surface area (Å²) in [7, 11) is 0. The molecule has 0 radical (unpaired) electrons. The van der Waals surface area contributed by atoms with Gasteiger partial charge in [-0.3, -0.25) is 0 Å². The monoisotopic (exact) mass is 233 g/mol. The summed E-state index contributed by atoms with van der Waals surface area (Å²) in [5.74, 6) is 1.09. The lowest BCUT2D eigenvalue weighted by Crippen LogP contribution is -2.27. The molecule has 0 unspecified atom stereocenters. The highest BCUT2D eigenvalue weighted by Crippen LogP contribution is 2.23. The first-order valence-corrected chi connectivity index (χ1v) is 6.79. The number of hydrogen-bond donors (Lipinski definition) is 1. The van der Waals surface area contributed by atoms with Crippen molar-refractivity contribution in [2.75, 3.05) is 24.5 Å². The van der Waals surface area contributed by atoms with Crippen LogP contribution in [0.25, 0.3) is 0 Å². The van der Waals surface area contributed by atoms with Crippen molar-refractivity contribution in [3.8, 4) is 0 Å². The van der Waals surface area contributed by atoms with E-state index in [2.05, 4.69) is 41.2 Å². The van der Waals surface area contributed by atoms with Gasteiger partial charge in [0, 0.05) is 25.3 Å². The predicted octanol–water partition coefficient (Wildman–Crippen LogP) is 2.74. The Morgan fingerprint density at radius 1 is 1.29 bits per heavy atom. The van der Waals surface area contributed by atoms with Crippen molar-refractivity contribution in [3.05, 3.63) is 23.9 Å². The molecule has 0 aromatic carbocycles. The first-order chi connectivity index (χ1) is 8.35. The van der Waals surface area contributed by atoms with Crippen LogP contribution in [0.5, 0.6) is 0 Å². The van der Waals surface area contributed by atoms with Crippen LogP contribution in [0, 0.1) is 0 Å². The maximum absolute atomic E-state index is 4.58. The average Bonchev–Trinajstić information content (AvgIpc) is 2.42. The molecule has 2 heterocycles. The third kappa shape index (κ3) is 2.97. The van der Waals surface area contributed by atoms with Gasteiger partial charge in [-0.1, -0.05) is 12.5 Å². The van der Waals surface area contributed by atoms with Crippen molar-refractivity contribution < 1.29 is 0 Å². The zero-order valence-corrected chi connectivity index (χ0v) is 10.9. The summed E-state index contributed by atoms with van der Waals surface area (Å²) >= 11 is 0. The number of rotatable bonds is 4. The molecule has 0 bridgehead atoms. The standard InChI is InChI=1S/C14H23N3/c1-3-17(4-2)14-9-8-12(11-16-14)13-7-5-6-10-15-13/h8-9,11,13,15H,3-7,10H2,1-2H3/t13-/m0/s1. The lowest BCUT2D eigenvalue weighted by atomic mass is 9.99. The summed E-state index contributed by atoms with van der Waals surface area (Å²) in [6.07, 6.45) is 5.92. The molecule has 0 amide bonds. The van der Waals surface area contributed by atoms with E-state index in [0.29, 0.717) is 6.04 Å². The molecule has 0 aliphatic carbocycles. The van der Waals surface area contributed by atoms with E-state index in [-0.39, 0.29) is 0 Å². The largest absolute Gasteiger partial charge is 0.357 e. The van der Waals surface area contributed by atoms with E-state index < -0.39 is 0 Å². The minimum Gasteiger partial charge on any atom is -0.357 e. The molecule has 17 heavy (non-hydrogen) atoms. The zero-order valence-electron chi connectivity index (χ0n) is 10.9. The number of aromatic nitrogens is 1. The Hall–Kier alpha value is -1.09. The topological polar surface area (TPSA) is 28.2 Å². The number of anilines is 1. The first-order valence-electron chi connectivity index (χ1n) is 6.79. The second-order valence-corrected chi connectivity index (χ2v) is 4.62. The van der Waals surface area contributed by atoms with E-state index in [0.717, 1.165) is 25.5 Å². The first kappa shape index (κ1) is 12.4. The van der Waals surface area contributed by atoms with Crippen molar-refractivity contribution in [2.45, 2.75) is 39.2 Å². The minimum absolute atomic E-state index is 0.516. The molecule has 0 spiro atoms. The third-order valence-corrected chi connectivity index (χ3v) is 3.57. The third-order valence-electron chi connectivity index (χ3n) is 3.57. The fourth-order valence-electron chi connectivity index (χ4n) is 2.47. The summed E-state index contributed by atoms with van der Waals surface area (Å²) in [6.45, 7) is 7.51. The van der Waals surface area contributed by atoms with Crippen molar-refractivity contribution in [1.29, 1.82) is 0 Å². The fraction of sp³-hybridized carbons (Fsp3) is 0.643. The van der Waals surface area contributed by atoms with Gasteiger partial charge in [0.05, 0.1) is 0 Å². The van der Waals surface area contributed by atoms with E-state index in [1.807, 2.05) is 6.20 Å². The maximum atomic E-state index is 4.58. The Labute approximate surface area is 104 Å². The van der Waals surface area contributed by atoms with E-state index in [4.69, 9.17) is 0 Å². The Balaban J connectivity index is 2.06. The van der Waals surface area contributed by atoms with Gasteiger partial charge in [0.1, 0.15) is 5.82 Å². The van der Waals surface area contributed by atoms with Crippen LogP contribution in [-0.4, -0.2) is 24.6 Å². The molecule has 1 aliphatic heterocycles. The van der Waals surface area contributed by atoms with Crippen LogP contribution in [0.2, 0.25) is 0 Å². The fourth-order valence-corrected chi connectivity index (χ4v) is 2.47. The molecule has 3 heteroatoms. The maximum Gasteiger partial charge on any atom is 0.128 e. The average molecular weight is 233 g/mol. The van der Waals surface area contributed by atoms with Crippen LogP contribution in [0.3, 0.4) is 0 Å². The molecule has 1 atom stereocenters. The van der Waals surface area contributed by atoms with Gasteiger partial charge in [-0.2, -0.15) is 0 Å². The molecule has 1 N–H and O–H groups in total. The van der Waals surface area contributed by atoms with Crippen LogP contribution >= 0.6 is 0 Å². The summed E-state index contributed by atoms with van der Waals surface area (Å²) < 4.78 is 0. The molecular formula is C14H23N3. The summed E-state index contributed by atoms with van der Waals surface area (Å²) in [4.78, 5) is 6.86. The Bertz CT molecular complexity index is 324. The van der Waals surface area contributed by atoms with Gasteiger partial charge in [-0.25, -0.2) is 4.98 Å². The second-order valence-electron chi connectivity index (χ2n) is 4.62. The molecule has 1 aromatic heterocycles. The highest BCUT2D eigenvalue weighted by Gasteiger charge is 2.15. The number of nitrogens with one attached hydrogen (secondary N) is 1. The summed E-state index contributed by atoms with van der Waals surface area (Å²) in [6, 6.07) is 4.89. The normalized spacial score (nSPS) is 20.2. The molecule has 3 nitrogen and oxygen atoms in total. The van der Waals surface area contributed by atoms with E-state index in [1.54, 1.807) is 0 Å². The highest BCUT2D eigenvalue weighted by atomic mass is 15.2. The van der Waals surface area contributed by atoms with Gasteiger partial charge in [0.25, 0.3) is 0 Å². The van der Waals surface area contributed by atoms with E-state index in [9.17, 15) is 0 Å². The molecule has 1 saturated heterocycles. The lowest BCUT2D eigenvalue weighted by molar-refractivity contribution is 0.411. The summed E-state index contributed by atoms with van der Waals surface area (Å²) in [5.41, 5.74) is 1.33. The van der Waals surface area contributed by atoms with Gasteiger partial charge in [0.15, 0.2) is 0 Å². The van der Waals surface area contributed by atoms with Gasteiger partial charge in [0.2, 0.25) is 0 Å². The lowest BCUT2D eigenvalue weighted by Gasteiger charge is -2.25. The summed E-state index contributed by atoms with van der Waals surface area (Å²) in [5, 5.41) is 3.56. The number of pyridine rings is 1. The van der Waals surface area contributed by atoms with Gasteiger partial charge in [-0.05, 0) is 44.9 Å². The predicted molar refractivity (Wildman–Crippen MR) is 72.4 cm³/mol. The molecule has 94 valence electrons. The van der Waals surface area contributed by atoms with Crippen molar-refractivity contribution in [2.24, 2.45) is 0 Å². The van der Waals surface area contributed by atoms with Crippen molar-refractivity contribution in [1.82, 2.24) is 10.3 Å². The van der Waals surface area contributed by atoms with E-state index in [1.165, 1.54) is 24.8 Å². The second kappa shape index (κ2) is 6.01. The van der Waals surface area contributed by atoms with Crippen molar-refractivity contribution in [3.63, 3.8) is 0 Å². The molecule has 2 rings (SSSR count). The van der Waals surface area contributed by atoms with Crippen LogP contribution < -0.4 is 10.2 Å². The zero-order chi connectivity index (χ0) is 12.1. The highest BCUT2D eigenvalue weighted by molar-refractivity contribution is 5.39. The molecule has 1 aliphatic rings. The van der Waals surface area contributed by atoms with E-state index >= 15 is 0 Å². The number of hydrogen-bond acceptors (Lipinski definition) is 3. The molecule has 1 aromatic rings.